The molecule has 0 bridgehead atoms. The number of imidazole rings is 2. The molecule has 4 N–H and O–H groups in total. The number of alkyl halides is 2. The molecule has 2 saturated heterocycles. The summed E-state index contributed by atoms with van der Waals surface area (Å²) < 4.78 is 64.3. The van der Waals surface area contributed by atoms with Gasteiger partial charge in [-0.1, -0.05) is 33.0 Å². The first kappa shape index (κ1) is 50.5. The van der Waals surface area contributed by atoms with Gasteiger partial charge in [-0.15, -0.1) is 11.3 Å². The predicted molar refractivity (Wildman–Crippen MR) is 276 cm³/mol. The molecular formula is C53H61F3N10O7SSi. The average molecular weight is 1070 g/mol. The molecule has 11 rings (SSSR count). The Morgan fingerprint density at radius 2 is 1.53 bits per heavy atom. The van der Waals surface area contributed by atoms with Crippen LogP contribution in [0.5, 0.6) is 5.75 Å². The van der Waals surface area contributed by atoms with E-state index in [9.17, 15) is 28.0 Å². The molecule has 7 heterocycles. The fourth-order valence-electron chi connectivity index (χ4n) is 11.6. The number of methoxy groups -OCH3 is 2. The maximum absolute atomic E-state index is 17.1. The van der Waals surface area contributed by atoms with Gasteiger partial charge in [0.1, 0.15) is 35.3 Å². The van der Waals surface area contributed by atoms with Crippen molar-refractivity contribution in [2.45, 2.75) is 127 Å². The second kappa shape index (κ2) is 19.5. The molecule has 5 aliphatic rings. The molecule has 4 aromatic heterocycles. The topological polar surface area (TPSA) is 202 Å². The third kappa shape index (κ3) is 9.67. The normalized spacial score (nSPS) is 21.9. The van der Waals surface area contributed by atoms with Crippen LogP contribution < -0.4 is 15.4 Å². The van der Waals surface area contributed by atoms with Crippen molar-refractivity contribution in [1.29, 1.82) is 0 Å². The van der Waals surface area contributed by atoms with E-state index in [0.29, 0.717) is 71.0 Å². The molecule has 1 unspecified atom stereocenters. The summed E-state index contributed by atoms with van der Waals surface area (Å²) in [4.78, 5) is 78.7. The number of hydrogen-bond acceptors (Lipinski definition) is 11. The van der Waals surface area contributed by atoms with Crippen LogP contribution in [0.3, 0.4) is 0 Å². The van der Waals surface area contributed by atoms with Crippen LogP contribution in [0.15, 0.2) is 55.0 Å². The van der Waals surface area contributed by atoms with E-state index < -0.39 is 62.3 Å². The zero-order chi connectivity index (χ0) is 52.7. The summed E-state index contributed by atoms with van der Waals surface area (Å²) in [7, 11) is 0.424. The molecule has 4 fully saturated rings. The lowest BCUT2D eigenvalue weighted by atomic mass is 9.81. The Kier molecular flexibility index (Phi) is 13.1. The summed E-state index contributed by atoms with van der Waals surface area (Å²) >= 11 is 1.60. The number of alkyl carbamates (subject to hydrolysis) is 2. The molecule has 3 aliphatic heterocycles. The van der Waals surface area contributed by atoms with Crippen molar-refractivity contribution in [1.82, 2.24) is 49.9 Å². The minimum Gasteiger partial charge on any atom is -0.464 e. The number of carbonyl (C=O) groups excluding carboxylic acids is 4. The molecule has 5 atom stereocenters. The highest BCUT2D eigenvalue weighted by atomic mass is 32.1. The average Bonchev–Trinajstić information content (AvgIpc) is 4.09. The number of ether oxygens (including phenoxy) is 3. The van der Waals surface area contributed by atoms with Gasteiger partial charge in [0.25, 0.3) is 0 Å². The summed E-state index contributed by atoms with van der Waals surface area (Å²) in [5.74, 6) is -2.67. The predicted octanol–water partition coefficient (Wildman–Crippen LogP) is 10.2. The zero-order valence-corrected chi connectivity index (χ0v) is 44.5. The molecule has 2 aromatic carbocycles. The Labute approximate surface area is 436 Å². The Bertz CT molecular complexity index is 3190. The standard InChI is InChI=1S/C53H61F3N10O7SSi/c1-27(2)43(62-51(69)71-3)48(67)64-17-7-8-37(64)45-57-22-34(60-45)30-11-12-36-32(18-30)20-38-42-33(54)19-31(21-40(42)73-50(66(36)38)41-24-59-47(74-41)29-9-10-29)35-23-58-46(61-35)39-25-75(5,6)26-65(39)49(68)44(63-52(70)72-4)28-13-15-53(55,56)16-14-28/h11-12,18-24,27-29,37,39,43-44,50H,7-10,13-17,25-26H2,1-6H3,(H,57,60)(H,58,61)(H,62,69)(H,63,70)/t37-,39-,43?,44-,50-/m0/s1. The highest BCUT2D eigenvalue weighted by Crippen LogP contribution is 2.50. The van der Waals surface area contributed by atoms with Gasteiger partial charge in [0.05, 0.1) is 84.8 Å². The third-order valence-electron chi connectivity index (χ3n) is 15.7. The maximum Gasteiger partial charge on any atom is 0.407 e. The number of rotatable bonds is 12. The summed E-state index contributed by atoms with van der Waals surface area (Å²) in [6.07, 6.45) is 6.62. The molecular weight excluding hydrogens is 1010 g/mol. The van der Waals surface area contributed by atoms with Gasteiger partial charge in [0, 0.05) is 54.2 Å². The second-order valence-electron chi connectivity index (χ2n) is 21.9. The van der Waals surface area contributed by atoms with E-state index in [1.54, 1.807) is 33.5 Å². The van der Waals surface area contributed by atoms with Gasteiger partial charge >= 0.3 is 12.2 Å². The third-order valence-corrected chi connectivity index (χ3v) is 19.5. The first-order valence-electron chi connectivity index (χ1n) is 25.8. The number of carbonyl (C=O) groups is 4. The smallest absolute Gasteiger partial charge is 0.407 e. The van der Waals surface area contributed by atoms with E-state index in [2.05, 4.69) is 33.7 Å². The van der Waals surface area contributed by atoms with Crippen LogP contribution in [0.25, 0.3) is 44.7 Å². The first-order valence-corrected chi connectivity index (χ1v) is 30.0. The Balaban J connectivity index is 0.902. The molecule has 17 nitrogen and oxygen atoms in total. The number of hydrogen-bond donors (Lipinski definition) is 4. The van der Waals surface area contributed by atoms with Crippen LogP contribution >= 0.6 is 11.3 Å². The lowest BCUT2D eigenvalue weighted by molar-refractivity contribution is -0.137. The number of halogens is 3. The summed E-state index contributed by atoms with van der Waals surface area (Å²) in [5, 5.41) is 7.26. The lowest BCUT2D eigenvalue weighted by Crippen LogP contribution is -2.54. The van der Waals surface area contributed by atoms with E-state index in [1.807, 2.05) is 54.9 Å². The highest BCUT2D eigenvalue weighted by molar-refractivity contribution is 7.11. The number of aromatic nitrogens is 6. The number of benzene rings is 2. The van der Waals surface area contributed by atoms with Crippen molar-refractivity contribution in [3.05, 3.63) is 82.3 Å². The number of aromatic amines is 2. The van der Waals surface area contributed by atoms with Crippen LogP contribution in [0.2, 0.25) is 19.1 Å². The fraction of sp³-hybridized carbons (Fsp3) is 0.491. The largest absolute Gasteiger partial charge is 0.464 e. The fourth-order valence-corrected chi connectivity index (χ4v) is 15.6. The van der Waals surface area contributed by atoms with Gasteiger partial charge < -0.3 is 44.6 Å². The summed E-state index contributed by atoms with van der Waals surface area (Å²) in [6.45, 7) is 8.63. The number of fused-ring (bicyclic) bond motifs is 5. The molecule has 4 amide bonds. The van der Waals surface area contributed by atoms with Crippen molar-refractivity contribution >= 4 is 54.3 Å². The zero-order valence-electron chi connectivity index (χ0n) is 42.7. The molecule has 75 heavy (non-hydrogen) atoms. The van der Waals surface area contributed by atoms with Crippen molar-refractivity contribution in [3.8, 4) is 39.5 Å². The Morgan fingerprint density at radius 1 is 0.840 bits per heavy atom. The van der Waals surface area contributed by atoms with E-state index >= 15 is 4.39 Å². The highest BCUT2D eigenvalue weighted by Gasteiger charge is 2.49. The van der Waals surface area contributed by atoms with Crippen molar-refractivity contribution < 1.29 is 46.6 Å². The number of amides is 4. The molecule has 0 spiro atoms. The molecule has 396 valence electrons. The SMILES string of the molecule is COC(=O)NC(C(=O)N1CCC[C@H]1c1ncc(-c2ccc3c(c2)cc2n3[C@H](c3cnc(C4CC4)s3)Oc3cc(-c4cnc([C@@H]5C[Si](C)(C)CN5C(=O)[C@@H](NC(=O)OC)C5CCC(F)(F)CC5)[nH]4)cc(F)c3-2)[nH]1)C(C)C. The number of H-pyrrole nitrogens is 2. The van der Waals surface area contributed by atoms with E-state index in [4.69, 9.17) is 29.2 Å². The van der Waals surface area contributed by atoms with Crippen molar-refractivity contribution in [2.75, 3.05) is 26.9 Å². The van der Waals surface area contributed by atoms with Crippen LogP contribution in [0.1, 0.15) is 111 Å². The number of thiazole rings is 1. The maximum atomic E-state index is 17.1. The van der Waals surface area contributed by atoms with Gasteiger partial charge in [-0.2, -0.15) is 0 Å². The van der Waals surface area contributed by atoms with Gasteiger partial charge in [0.2, 0.25) is 24.0 Å². The molecule has 2 saturated carbocycles. The van der Waals surface area contributed by atoms with E-state index in [-0.39, 0.29) is 49.5 Å². The second-order valence-corrected chi connectivity index (χ2v) is 28.1. The quantitative estimate of drug-likeness (QED) is 0.0855. The van der Waals surface area contributed by atoms with Crippen molar-refractivity contribution in [3.63, 3.8) is 0 Å². The minimum absolute atomic E-state index is 0.0776. The van der Waals surface area contributed by atoms with Crippen LogP contribution in [-0.2, 0) is 19.1 Å². The van der Waals surface area contributed by atoms with Gasteiger partial charge in [-0.25, -0.2) is 37.7 Å². The number of nitrogens with one attached hydrogen (secondary N) is 4. The van der Waals surface area contributed by atoms with Gasteiger partial charge in [-0.3, -0.25) is 14.2 Å². The molecule has 6 aromatic rings. The van der Waals surface area contributed by atoms with Gasteiger partial charge in [-0.05, 0) is 86.7 Å². The monoisotopic (exact) mass is 1070 g/mol. The minimum atomic E-state index is -2.82. The van der Waals surface area contributed by atoms with Gasteiger partial charge in [0.15, 0.2) is 0 Å². The van der Waals surface area contributed by atoms with E-state index in [0.717, 1.165) is 51.3 Å². The number of nitrogens with zero attached hydrogens (tertiary/aromatic N) is 6. The van der Waals surface area contributed by atoms with Crippen LogP contribution in [-0.4, -0.2) is 116 Å². The van der Waals surface area contributed by atoms with Crippen LogP contribution in [0.4, 0.5) is 22.8 Å². The lowest BCUT2D eigenvalue weighted by Gasteiger charge is -2.36. The first-order chi connectivity index (χ1) is 35.9. The summed E-state index contributed by atoms with van der Waals surface area (Å²) in [5.41, 5.74) is 4.32. The van der Waals surface area contributed by atoms with Crippen LogP contribution in [0, 0.1) is 17.7 Å². The van der Waals surface area contributed by atoms with Crippen molar-refractivity contribution in [2.24, 2.45) is 11.8 Å². The Morgan fingerprint density at radius 3 is 2.23 bits per heavy atom. The Hall–Kier alpha value is -6.68. The molecule has 0 radical (unpaired) electrons. The number of likely N-dealkylation sites (tertiary alicyclic amines) is 1. The molecule has 22 heteroatoms. The summed E-state index contributed by atoms with van der Waals surface area (Å²) in [6, 6.07) is 9.28. The molecule has 2 aliphatic carbocycles. The van der Waals surface area contributed by atoms with E-state index in [1.165, 1.54) is 20.3 Å².